The van der Waals surface area contributed by atoms with Crippen LogP contribution in [0.3, 0.4) is 0 Å². The molecule has 2 aromatic carbocycles. The summed E-state index contributed by atoms with van der Waals surface area (Å²) in [6.07, 6.45) is -0.725. The number of benzene rings is 2. The smallest absolute Gasteiger partial charge is 0.225 e. The van der Waals surface area contributed by atoms with Gasteiger partial charge in [0.2, 0.25) is 15.9 Å². The first-order valence-corrected chi connectivity index (χ1v) is 16.8. The fraction of sp³-hybridized carbons (Fsp3) is 0.536. The van der Waals surface area contributed by atoms with Crippen molar-refractivity contribution in [3.05, 3.63) is 65.7 Å². The van der Waals surface area contributed by atoms with Crippen molar-refractivity contribution in [2.24, 2.45) is 11.8 Å². The van der Waals surface area contributed by atoms with Gasteiger partial charge in [0.05, 0.1) is 36.7 Å². The molecular weight excluding hydrogens is 554 g/mol. The van der Waals surface area contributed by atoms with Gasteiger partial charge in [0, 0.05) is 25.4 Å². The molecule has 0 fully saturated rings. The summed E-state index contributed by atoms with van der Waals surface area (Å²) in [6.45, 7) is 5.22. The minimum Gasteiger partial charge on any atom is -0.497 e. The predicted molar refractivity (Wildman–Crippen MR) is 157 cm³/mol. The molecule has 0 heterocycles. The number of carbonyl (C=O) groups is 1. The first-order valence-electron chi connectivity index (χ1n) is 13.4. The third-order valence-corrected chi connectivity index (χ3v) is 9.78. The highest BCUT2D eigenvalue weighted by Gasteiger charge is 2.30. The molecule has 3 atom stereocenters. The third-order valence-electron chi connectivity index (χ3n) is 6.28. The average Bonchev–Trinajstić information content (AvgIpc) is 2.90. The zero-order chi connectivity index (χ0) is 29.8. The lowest BCUT2D eigenvalue weighted by Crippen LogP contribution is -2.52. The van der Waals surface area contributed by atoms with Crippen LogP contribution in [0.15, 0.2) is 54.6 Å². The highest BCUT2D eigenvalue weighted by atomic mass is 32.2. The van der Waals surface area contributed by atoms with Gasteiger partial charge < -0.3 is 20.5 Å². The fourth-order valence-electron chi connectivity index (χ4n) is 4.12. The number of methoxy groups -OCH3 is 1. The van der Waals surface area contributed by atoms with Crippen molar-refractivity contribution in [3.63, 3.8) is 0 Å². The zero-order valence-corrected chi connectivity index (χ0v) is 25.3. The van der Waals surface area contributed by atoms with E-state index in [0.29, 0.717) is 18.7 Å². The molecule has 0 saturated carbocycles. The van der Waals surface area contributed by atoms with Crippen LogP contribution in [0.2, 0.25) is 0 Å². The number of sulfonamides is 1. The van der Waals surface area contributed by atoms with Gasteiger partial charge in [-0.05, 0) is 35.6 Å². The van der Waals surface area contributed by atoms with Crippen molar-refractivity contribution in [1.29, 1.82) is 0 Å². The number of hydrogen-bond acceptors (Lipinski definition) is 8. The maximum atomic E-state index is 13.4. The Morgan fingerprint density at radius 1 is 0.950 bits per heavy atom. The summed E-state index contributed by atoms with van der Waals surface area (Å²) in [4.78, 5) is 13.4. The van der Waals surface area contributed by atoms with Gasteiger partial charge in [-0.3, -0.25) is 4.79 Å². The van der Waals surface area contributed by atoms with E-state index in [4.69, 9.17) is 4.74 Å². The Bertz CT molecular complexity index is 1270. The quantitative estimate of drug-likeness (QED) is 0.202. The molecule has 1 unspecified atom stereocenters. The molecule has 0 radical (unpaired) electrons. The van der Waals surface area contributed by atoms with E-state index >= 15 is 0 Å². The van der Waals surface area contributed by atoms with Crippen LogP contribution < -0.4 is 20.1 Å². The van der Waals surface area contributed by atoms with Gasteiger partial charge in [0.15, 0.2) is 9.84 Å². The Labute approximate surface area is 238 Å². The molecule has 12 heteroatoms. The third kappa shape index (κ3) is 12.3. The molecule has 0 aromatic heterocycles. The summed E-state index contributed by atoms with van der Waals surface area (Å²) >= 11 is 0. The largest absolute Gasteiger partial charge is 0.497 e. The second kappa shape index (κ2) is 16.1. The summed E-state index contributed by atoms with van der Waals surface area (Å²) in [5, 5.41) is 17.1. The molecule has 0 saturated heterocycles. The van der Waals surface area contributed by atoms with Crippen LogP contribution in [0, 0.1) is 11.8 Å². The maximum absolute atomic E-state index is 13.4. The number of ether oxygens (including phenoxy) is 1. The van der Waals surface area contributed by atoms with Crippen molar-refractivity contribution in [2.45, 2.75) is 45.9 Å². The molecule has 0 bridgehead atoms. The van der Waals surface area contributed by atoms with Crippen LogP contribution in [0.1, 0.15) is 31.9 Å². The Morgan fingerprint density at radius 3 is 2.25 bits per heavy atom. The summed E-state index contributed by atoms with van der Waals surface area (Å²) < 4.78 is 57.3. The predicted octanol–water partition coefficient (Wildman–Crippen LogP) is 1.50. The lowest BCUT2D eigenvalue weighted by molar-refractivity contribution is -0.125. The first kappa shape index (κ1) is 33.7. The van der Waals surface area contributed by atoms with E-state index in [1.807, 2.05) is 54.6 Å². The number of nitrogens with one attached hydrogen (secondary N) is 3. The molecule has 0 spiro atoms. The highest BCUT2D eigenvalue weighted by Crippen LogP contribution is 2.13. The fourth-order valence-corrected chi connectivity index (χ4v) is 6.69. The standard InChI is InChI=1S/C28H43N3O7S2/c1-5-39(34,35)20-24(17-30-40(36,37)19-21(2)3)28(33)31-26(15-22-10-7-6-8-11-22)27(32)18-29-16-23-12-9-13-25(14-23)38-4/h6-14,21,24,26-27,29-30,32H,5,15-20H2,1-4H3,(H,31,33)/t24?,26-,27-/m0/s1. The van der Waals surface area contributed by atoms with Crippen molar-refractivity contribution >= 4 is 25.8 Å². The molecule has 0 aliphatic carbocycles. The van der Waals surface area contributed by atoms with Crippen LogP contribution in [-0.2, 0) is 37.6 Å². The first-order chi connectivity index (χ1) is 18.8. The van der Waals surface area contributed by atoms with E-state index in [1.54, 1.807) is 21.0 Å². The molecule has 2 aromatic rings. The van der Waals surface area contributed by atoms with Crippen molar-refractivity contribution < 1.29 is 31.5 Å². The van der Waals surface area contributed by atoms with E-state index in [-0.39, 0.29) is 30.5 Å². The van der Waals surface area contributed by atoms with Crippen molar-refractivity contribution in [2.75, 3.05) is 37.5 Å². The number of aliphatic hydroxyl groups is 1. The molecule has 40 heavy (non-hydrogen) atoms. The molecule has 1 amide bonds. The van der Waals surface area contributed by atoms with E-state index in [1.165, 1.54) is 6.92 Å². The summed E-state index contributed by atoms with van der Waals surface area (Å²) in [6, 6.07) is 16.0. The second-order valence-corrected chi connectivity index (χ2v) is 14.5. The topological polar surface area (TPSA) is 151 Å². The van der Waals surface area contributed by atoms with E-state index in [2.05, 4.69) is 15.4 Å². The number of amides is 1. The maximum Gasteiger partial charge on any atom is 0.225 e. The van der Waals surface area contributed by atoms with Gasteiger partial charge in [-0.15, -0.1) is 0 Å². The zero-order valence-electron chi connectivity index (χ0n) is 23.7. The average molecular weight is 598 g/mol. The van der Waals surface area contributed by atoms with Gasteiger partial charge in [0.1, 0.15) is 5.75 Å². The molecule has 224 valence electrons. The number of carbonyl (C=O) groups excluding carboxylic acids is 1. The van der Waals surface area contributed by atoms with Crippen LogP contribution in [-0.4, -0.2) is 77.5 Å². The lowest BCUT2D eigenvalue weighted by Gasteiger charge is -2.27. The number of sulfone groups is 1. The minimum absolute atomic E-state index is 0.140. The van der Waals surface area contributed by atoms with Crippen LogP contribution >= 0.6 is 0 Å². The van der Waals surface area contributed by atoms with E-state index in [0.717, 1.165) is 11.1 Å². The molecule has 0 aliphatic rings. The Kier molecular flexibility index (Phi) is 13.5. The summed E-state index contributed by atoms with van der Waals surface area (Å²) in [7, 11) is -5.72. The number of hydrogen-bond donors (Lipinski definition) is 4. The van der Waals surface area contributed by atoms with Crippen molar-refractivity contribution in [3.8, 4) is 5.75 Å². The molecule has 0 aliphatic heterocycles. The number of aliphatic hydroxyl groups excluding tert-OH is 1. The van der Waals surface area contributed by atoms with Gasteiger partial charge in [-0.25, -0.2) is 21.6 Å². The Morgan fingerprint density at radius 2 is 1.62 bits per heavy atom. The van der Waals surface area contributed by atoms with E-state index in [9.17, 15) is 26.7 Å². The highest BCUT2D eigenvalue weighted by molar-refractivity contribution is 7.91. The molecular formula is C28H43N3O7S2. The molecule has 4 N–H and O–H groups in total. The summed E-state index contributed by atoms with van der Waals surface area (Å²) in [5.74, 6) is -2.07. The normalized spacial score (nSPS) is 14.4. The molecule has 10 nitrogen and oxygen atoms in total. The minimum atomic E-state index is -3.70. The van der Waals surface area contributed by atoms with Gasteiger partial charge in [0.25, 0.3) is 0 Å². The van der Waals surface area contributed by atoms with Crippen LogP contribution in [0.4, 0.5) is 0 Å². The van der Waals surface area contributed by atoms with Crippen LogP contribution in [0.25, 0.3) is 0 Å². The van der Waals surface area contributed by atoms with E-state index < -0.39 is 49.6 Å². The van der Waals surface area contributed by atoms with Crippen LogP contribution in [0.5, 0.6) is 5.75 Å². The number of rotatable bonds is 18. The Hall–Kier alpha value is -2.51. The van der Waals surface area contributed by atoms with Gasteiger partial charge in [-0.1, -0.05) is 63.2 Å². The SMILES string of the molecule is CCS(=O)(=O)CC(CNS(=O)(=O)CC(C)C)C(=O)N[C@@H](Cc1ccccc1)[C@@H](O)CNCc1cccc(OC)c1. The lowest BCUT2D eigenvalue weighted by atomic mass is 10.00. The monoisotopic (exact) mass is 597 g/mol. The molecule has 2 rings (SSSR count). The summed E-state index contributed by atoms with van der Waals surface area (Å²) in [5.41, 5.74) is 1.82. The Balaban J connectivity index is 2.18. The second-order valence-electron chi connectivity index (χ2n) is 10.3. The van der Waals surface area contributed by atoms with Crippen molar-refractivity contribution in [1.82, 2.24) is 15.4 Å². The van der Waals surface area contributed by atoms with Gasteiger partial charge >= 0.3 is 0 Å². The van der Waals surface area contributed by atoms with Gasteiger partial charge in [-0.2, -0.15) is 0 Å².